The van der Waals surface area contributed by atoms with Gasteiger partial charge in [-0.3, -0.25) is 4.79 Å². The maximum Gasteiger partial charge on any atom is 0.257 e. The Bertz CT molecular complexity index is 631. The minimum absolute atomic E-state index is 0.113. The first-order valence-corrected chi connectivity index (χ1v) is 6.89. The molecule has 2 rings (SSSR count). The van der Waals surface area contributed by atoms with E-state index in [0.717, 1.165) is 5.56 Å². The quantitative estimate of drug-likeness (QED) is 0.795. The number of nitrogens with zero attached hydrogens (tertiary/aromatic N) is 2. The monoisotopic (exact) mass is 308 g/mol. The minimum Gasteiger partial charge on any atom is -0.335 e. The van der Waals surface area contributed by atoms with E-state index < -0.39 is 0 Å². The van der Waals surface area contributed by atoms with E-state index in [1.807, 2.05) is 25.1 Å². The highest BCUT2D eigenvalue weighted by molar-refractivity contribution is 6.32. The Balaban J connectivity index is 2.25. The molecule has 0 radical (unpaired) electrons. The average molecular weight is 309 g/mol. The summed E-state index contributed by atoms with van der Waals surface area (Å²) in [6.45, 7) is 1.94. The summed E-state index contributed by atoms with van der Waals surface area (Å²) in [7, 11) is 1.73. The van der Waals surface area contributed by atoms with Gasteiger partial charge in [-0.15, -0.1) is 0 Å². The molecule has 0 saturated heterocycles. The fourth-order valence-electron chi connectivity index (χ4n) is 1.90. The van der Waals surface area contributed by atoms with Crippen molar-refractivity contribution in [3.8, 4) is 0 Å². The van der Waals surface area contributed by atoms with Gasteiger partial charge in [0, 0.05) is 18.3 Å². The van der Waals surface area contributed by atoms with E-state index >= 15 is 0 Å². The molecule has 1 heterocycles. The van der Waals surface area contributed by atoms with Crippen molar-refractivity contribution >= 4 is 29.1 Å². The van der Waals surface area contributed by atoms with E-state index in [9.17, 15) is 4.79 Å². The first kappa shape index (κ1) is 14.8. The van der Waals surface area contributed by atoms with Gasteiger partial charge in [0.25, 0.3) is 5.91 Å². The third-order valence-electron chi connectivity index (χ3n) is 3.22. The summed E-state index contributed by atoms with van der Waals surface area (Å²) in [6, 6.07) is 10.7. The Morgan fingerprint density at radius 3 is 2.65 bits per heavy atom. The highest BCUT2D eigenvalue weighted by atomic mass is 35.5. The molecule has 0 aliphatic carbocycles. The van der Waals surface area contributed by atoms with Gasteiger partial charge in [-0.25, -0.2) is 4.98 Å². The second-order valence-corrected chi connectivity index (χ2v) is 5.28. The van der Waals surface area contributed by atoms with Crippen LogP contribution in [0.25, 0.3) is 0 Å². The molecule has 1 atom stereocenters. The zero-order chi connectivity index (χ0) is 14.7. The summed E-state index contributed by atoms with van der Waals surface area (Å²) in [5.74, 6) is -0.171. The molecule has 1 aromatic carbocycles. The molecular formula is C15H14Cl2N2O. The van der Waals surface area contributed by atoms with Crippen molar-refractivity contribution in [3.63, 3.8) is 0 Å². The first-order valence-electron chi connectivity index (χ1n) is 6.14. The van der Waals surface area contributed by atoms with Crippen LogP contribution in [0, 0.1) is 0 Å². The zero-order valence-corrected chi connectivity index (χ0v) is 12.7. The van der Waals surface area contributed by atoms with E-state index in [0.29, 0.717) is 10.6 Å². The van der Waals surface area contributed by atoms with Gasteiger partial charge in [0.05, 0.1) is 11.6 Å². The molecule has 1 aromatic heterocycles. The van der Waals surface area contributed by atoms with E-state index in [4.69, 9.17) is 23.2 Å². The highest BCUT2D eigenvalue weighted by Gasteiger charge is 2.21. The van der Waals surface area contributed by atoms with Crippen molar-refractivity contribution in [2.24, 2.45) is 0 Å². The van der Waals surface area contributed by atoms with E-state index in [1.54, 1.807) is 36.3 Å². The Hall–Kier alpha value is -1.58. The molecule has 0 aliphatic heterocycles. The van der Waals surface area contributed by atoms with Crippen LogP contribution in [0.2, 0.25) is 10.2 Å². The van der Waals surface area contributed by atoms with Crippen LogP contribution in [0.1, 0.15) is 28.9 Å². The molecule has 2 aromatic rings. The molecule has 0 fully saturated rings. The molecular weight excluding hydrogens is 295 g/mol. The normalized spacial score (nSPS) is 12.0. The number of hydrogen-bond acceptors (Lipinski definition) is 2. The van der Waals surface area contributed by atoms with Crippen LogP contribution < -0.4 is 0 Å². The van der Waals surface area contributed by atoms with Gasteiger partial charge < -0.3 is 4.90 Å². The summed E-state index contributed by atoms with van der Waals surface area (Å²) < 4.78 is 0. The van der Waals surface area contributed by atoms with Crippen LogP contribution in [0.3, 0.4) is 0 Å². The van der Waals surface area contributed by atoms with Gasteiger partial charge >= 0.3 is 0 Å². The standard InChI is InChI=1S/C15H14Cl2N2O/c1-10(11-5-3-6-12(16)9-11)19(2)15(20)13-7-4-8-18-14(13)17/h3-10H,1-2H3. The smallest absolute Gasteiger partial charge is 0.257 e. The number of benzene rings is 1. The molecule has 0 bridgehead atoms. The van der Waals surface area contributed by atoms with Crippen LogP contribution in [-0.4, -0.2) is 22.8 Å². The molecule has 20 heavy (non-hydrogen) atoms. The fourth-order valence-corrected chi connectivity index (χ4v) is 2.30. The summed E-state index contributed by atoms with van der Waals surface area (Å²) in [6.07, 6.45) is 1.56. The Morgan fingerprint density at radius 2 is 2.00 bits per heavy atom. The van der Waals surface area contributed by atoms with Crippen LogP contribution in [0.15, 0.2) is 42.6 Å². The molecule has 0 saturated carbocycles. The van der Waals surface area contributed by atoms with E-state index in [-0.39, 0.29) is 17.1 Å². The predicted octanol–water partition coefficient (Wildman–Crippen LogP) is 4.22. The number of hydrogen-bond donors (Lipinski definition) is 0. The number of rotatable bonds is 3. The van der Waals surface area contributed by atoms with Crippen LogP contribution in [-0.2, 0) is 0 Å². The van der Waals surface area contributed by atoms with Gasteiger partial charge in [-0.1, -0.05) is 35.3 Å². The van der Waals surface area contributed by atoms with Crippen LogP contribution in [0.5, 0.6) is 0 Å². The molecule has 3 nitrogen and oxygen atoms in total. The third kappa shape index (κ3) is 3.11. The number of halogens is 2. The minimum atomic E-state index is -0.171. The first-order chi connectivity index (χ1) is 9.50. The molecule has 0 aliphatic rings. The maximum atomic E-state index is 12.4. The maximum absolute atomic E-state index is 12.4. The lowest BCUT2D eigenvalue weighted by Gasteiger charge is -2.25. The molecule has 104 valence electrons. The van der Waals surface area contributed by atoms with E-state index in [1.165, 1.54) is 0 Å². The molecule has 0 spiro atoms. The van der Waals surface area contributed by atoms with E-state index in [2.05, 4.69) is 4.98 Å². The number of aromatic nitrogens is 1. The van der Waals surface area contributed by atoms with Crippen molar-refractivity contribution in [3.05, 3.63) is 63.9 Å². The summed E-state index contributed by atoms with van der Waals surface area (Å²) in [5.41, 5.74) is 1.36. The number of pyridine rings is 1. The Kier molecular flexibility index (Phi) is 4.63. The second-order valence-electron chi connectivity index (χ2n) is 4.49. The topological polar surface area (TPSA) is 33.2 Å². The lowest BCUT2D eigenvalue weighted by molar-refractivity contribution is 0.0742. The van der Waals surface area contributed by atoms with Gasteiger partial charge in [0.2, 0.25) is 0 Å². The average Bonchev–Trinajstić information content (AvgIpc) is 2.45. The lowest BCUT2D eigenvalue weighted by Crippen LogP contribution is -2.30. The second kappa shape index (κ2) is 6.25. The van der Waals surface area contributed by atoms with Crippen LogP contribution in [0.4, 0.5) is 0 Å². The summed E-state index contributed by atoms with van der Waals surface area (Å²) >= 11 is 11.9. The summed E-state index contributed by atoms with van der Waals surface area (Å²) in [4.78, 5) is 18.0. The molecule has 5 heteroatoms. The third-order valence-corrected chi connectivity index (χ3v) is 3.76. The fraction of sp³-hybridized carbons (Fsp3) is 0.200. The molecule has 0 N–H and O–H groups in total. The number of carbonyl (C=O) groups is 1. The van der Waals surface area contributed by atoms with Crippen molar-refractivity contribution in [2.75, 3.05) is 7.05 Å². The largest absolute Gasteiger partial charge is 0.335 e. The predicted molar refractivity (Wildman–Crippen MR) is 81.2 cm³/mol. The molecule has 1 unspecified atom stereocenters. The number of carbonyl (C=O) groups excluding carboxylic acids is 1. The summed E-state index contributed by atoms with van der Waals surface area (Å²) in [5, 5.41) is 0.859. The van der Waals surface area contributed by atoms with Gasteiger partial charge in [-0.2, -0.15) is 0 Å². The molecule has 1 amide bonds. The Labute approximate surface area is 128 Å². The van der Waals surface area contributed by atoms with Gasteiger partial charge in [0.1, 0.15) is 5.15 Å². The zero-order valence-electron chi connectivity index (χ0n) is 11.2. The van der Waals surface area contributed by atoms with Gasteiger partial charge in [0.15, 0.2) is 0 Å². The Morgan fingerprint density at radius 1 is 1.25 bits per heavy atom. The van der Waals surface area contributed by atoms with Crippen molar-refractivity contribution < 1.29 is 4.79 Å². The number of amides is 1. The SMILES string of the molecule is CC(c1cccc(Cl)c1)N(C)C(=O)c1cccnc1Cl. The van der Waals surface area contributed by atoms with Crippen LogP contribution >= 0.6 is 23.2 Å². The highest BCUT2D eigenvalue weighted by Crippen LogP contribution is 2.24. The van der Waals surface area contributed by atoms with Crippen molar-refractivity contribution in [1.82, 2.24) is 9.88 Å². The van der Waals surface area contributed by atoms with Crippen molar-refractivity contribution in [2.45, 2.75) is 13.0 Å². The van der Waals surface area contributed by atoms with Crippen molar-refractivity contribution in [1.29, 1.82) is 0 Å². The lowest BCUT2D eigenvalue weighted by atomic mass is 10.1. The van der Waals surface area contributed by atoms with Gasteiger partial charge in [-0.05, 0) is 36.8 Å².